The van der Waals surface area contributed by atoms with Crippen LogP contribution in [0.5, 0.6) is 11.5 Å². The van der Waals surface area contributed by atoms with Crippen LogP contribution in [0.15, 0.2) is 53.6 Å². The molecular formula is C21H19ClN2O5S2. The number of halogens is 1. The summed E-state index contributed by atoms with van der Waals surface area (Å²) in [6, 6.07) is 12.0. The molecule has 1 N–H and O–H groups in total. The van der Waals surface area contributed by atoms with Crippen LogP contribution in [-0.4, -0.2) is 38.3 Å². The van der Waals surface area contributed by atoms with E-state index in [1.54, 1.807) is 12.3 Å². The van der Waals surface area contributed by atoms with Gasteiger partial charge in [0.05, 0.1) is 10.6 Å². The van der Waals surface area contributed by atoms with Crippen LogP contribution in [0, 0.1) is 0 Å². The Hall–Kier alpha value is -2.62. The third-order valence-corrected chi connectivity index (χ3v) is 7.44. The van der Waals surface area contributed by atoms with E-state index >= 15 is 0 Å². The van der Waals surface area contributed by atoms with Gasteiger partial charge in [-0.25, -0.2) is 13.4 Å². The number of sulfone groups is 1. The molecule has 1 aromatic heterocycles. The number of hydrogen-bond acceptors (Lipinski definition) is 7. The predicted octanol–water partition coefficient (Wildman–Crippen LogP) is 3.96. The number of rotatable bonds is 7. The molecule has 2 heterocycles. The molecule has 4 rings (SSSR count). The van der Waals surface area contributed by atoms with Crippen molar-refractivity contribution in [1.29, 1.82) is 0 Å². The summed E-state index contributed by atoms with van der Waals surface area (Å²) in [5.41, 5.74) is 1.08. The quantitative estimate of drug-likeness (QED) is 0.552. The number of benzene rings is 2. The van der Waals surface area contributed by atoms with Gasteiger partial charge >= 0.3 is 0 Å². The molecule has 0 radical (unpaired) electrons. The van der Waals surface area contributed by atoms with E-state index in [1.807, 2.05) is 24.3 Å². The van der Waals surface area contributed by atoms with Gasteiger partial charge in [-0.1, -0.05) is 23.7 Å². The van der Waals surface area contributed by atoms with Gasteiger partial charge in [0.2, 0.25) is 5.91 Å². The van der Waals surface area contributed by atoms with Crippen molar-refractivity contribution in [2.24, 2.45) is 0 Å². The maximum Gasteiger partial charge on any atom is 0.227 e. The van der Waals surface area contributed by atoms with Crippen LogP contribution in [0.1, 0.15) is 16.9 Å². The third kappa shape index (κ3) is 5.55. The zero-order valence-electron chi connectivity index (χ0n) is 16.3. The molecule has 3 aromatic rings. The van der Waals surface area contributed by atoms with Crippen LogP contribution in [0.4, 0.5) is 5.13 Å². The van der Waals surface area contributed by atoms with Crippen LogP contribution >= 0.6 is 22.9 Å². The molecule has 162 valence electrons. The number of fused-ring (bicyclic) bond motifs is 1. The summed E-state index contributed by atoms with van der Waals surface area (Å²) in [5.74, 6) is 0.184. The molecule has 7 nitrogen and oxygen atoms in total. The van der Waals surface area contributed by atoms with Crippen molar-refractivity contribution in [3.8, 4) is 11.5 Å². The highest BCUT2D eigenvalue weighted by Crippen LogP contribution is 2.32. The Morgan fingerprint density at radius 1 is 1.10 bits per heavy atom. The zero-order chi connectivity index (χ0) is 21.8. The maximum atomic E-state index is 12.6. The molecule has 0 spiro atoms. The van der Waals surface area contributed by atoms with Gasteiger partial charge in [0, 0.05) is 35.0 Å². The minimum atomic E-state index is -3.64. The summed E-state index contributed by atoms with van der Waals surface area (Å²) < 4.78 is 36.1. The fourth-order valence-electron chi connectivity index (χ4n) is 2.99. The Balaban J connectivity index is 1.33. The number of hydrogen-bond donors (Lipinski definition) is 1. The highest BCUT2D eigenvalue weighted by molar-refractivity contribution is 7.91. The molecule has 0 fully saturated rings. The number of amides is 1. The van der Waals surface area contributed by atoms with Gasteiger partial charge in [0.25, 0.3) is 0 Å². The second kappa shape index (κ2) is 9.25. The molecule has 0 saturated heterocycles. The third-order valence-electron chi connectivity index (χ3n) is 4.56. The first-order valence-electron chi connectivity index (χ1n) is 9.50. The molecule has 1 aliphatic rings. The van der Waals surface area contributed by atoms with Crippen molar-refractivity contribution < 1.29 is 22.7 Å². The molecule has 31 heavy (non-hydrogen) atoms. The average molecular weight is 479 g/mol. The standard InChI is InChI=1S/C21H19ClN2O5S2/c22-15-3-1-14(2-4-15)11-16-13-23-21(30-16)24-20(25)7-10-31(26,27)17-5-6-18-19(12-17)29-9-8-28-18/h1-6,12-13H,7-11H2,(H,23,24,25). The molecule has 0 aliphatic carbocycles. The maximum absolute atomic E-state index is 12.6. The van der Waals surface area contributed by atoms with Crippen LogP contribution in [0.3, 0.4) is 0 Å². The van der Waals surface area contributed by atoms with Gasteiger partial charge in [0.1, 0.15) is 13.2 Å². The van der Waals surface area contributed by atoms with Crippen molar-refractivity contribution >= 4 is 43.8 Å². The lowest BCUT2D eigenvalue weighted by Gasteiger charge is -2.18. The molecule has 1 amide bonds. The lowest BCUT2D eigenvalue weighted by Crippen LogP contribution is -2.18. The first-order valence-corrected chi connectivity index (χ1v) is 12.4. The number of aromatic nitrogens is 1. The first-order chi connectivity index (χ1) is 14.9. The Bertz CT molecular complexity index is 1190. The number of carbonyl (C=O) groups excluding carboxylic acids is 1. The fourth-order valence-corrected chi connectivity index (χ4v) is 5.23. The zero-order valence-corrected chi connectivity index (χ0v) is 18.7. The van der Waals surface area contributed by atoms with Crippen molar-refractivity contribution in [2.45, 2.75) is 17.7 Å². The Labute approximate surface area is 188 Å². The van der Waals surface area contributed by atoms with Crippen LogP contribution < -0.4 is 14.8 Å². The van der Waals surface area contributed by atoms with E-state index in [0.29, 0.717) is 41.3 Å². The van der Waals surface area contributed by atoms with E-state index in [1.165, 1.54) is 23.5 Å². The van der Waals surface area contributed by atoms with E-state index in [9.17, 15) is 13.2 Å². The fraction of sp³-hybridized carbons (Fsp3) is 0.238. The number of anilines is 1. The van der Waals surface area contributed by atoms with Crippen molar-refractivity contribution in [1.82, 2.24) is 4.98 Å². The van der Waals surface area contributed by atoms with Crippen molar-refractivity contribution in [2.75, 3.05) is 24.3 Å². The van der Waals surface area contributed by atoms with Gasteiger partial charge in [-0.3, -0.25) is 4.79 Å². The van der Waals surface area contributed by atoms with E-state index in [0.717, 1.165) is 10.4 Å². The Kier molecular flexibility index (Phi) is 6.45. The minimum Gasteiger partial charge on any atom is -0.486 e. The molecule has 0 bridgehead atoms. The average Bonchev–Trinajstić information content (AvgIpc) is 3.20. The van der Waals surface area contributed by atoms with Crippen molar-refractivity contribution in [3.05, 3.63) is 64.1 Å². The summed E-state index contributed by atoms with van der Waals surface area (Å²) in [6.07, 6.45) is 2.19. The summed E-state index contributed by atoms with van der Waals surface area (Å²) in [7, 11) is -3.64. The van der Waals surface area contributed by atoms with Crippen molar-refractivity contribution in [3.63, 3.8) is 0 Å². The molecule has 0 saturated carbocycles. The molecule has 0 unspecified atom stereocenters. The number of nitrogens with one attached hydrogen (secondary N) is 1. The van der Waals surface area contributed by atoms with Gasteiger partial charge in [-0.15, -0.1) is 11.3 Å². The molecule has 0 atom stereocenters. The van der Waals surface area contributed by atoms with Gasteiger partial charge in [-0.2, -0.15) is 0 Å². The normalized spacial score (nSPS) is 13.1. The second-order valence-corrected chi connectivity index (χ2v) is 10.5. The minimum absolute atomic E-state index is 0.101. The largest absolute Gasteiger partial charge is 0.486 e. The Morgan fingerprint density at radius 3 is 2.61 bits per heavy atom. The lowest BCUT2D eigenvalue weighted by atomic mass is 10.1. The smallest absolute Gasteiger partial charge is 0.227 e. The van der Waals surface area contributed by atoms with Crippen LogP contribution in [-0.2, 0) is 21.1 Å². The van der Waals surface area contributed by atoms with Crippen LogP contribution in [0.2, 0.25) is 5.02 Å². The van der Waals surface area contributed by atoms with Gasteiger partial charge < -0.3 is 14.8 Å². The SMILES string of the molecule is O=C(CCS(=O)(=O)c1ccc2c(c1)OCCO2)Nc1ncc(Cc2ccc(Cl)cc2)s1. The summed E-state index contributed by atoms with van der Waals surface area (Å²) in [6.45, 7) is 0.796. The van der Waals surface area contributed by atoms with E-state index in [2.05, 4.69) is 10.3 Å². The number of thiazole rings is 1. The number of nitrogens with zero attached hydrogens (tertiary/aromatic N) is 1. The van der Waals surface area contributed by atoms with Gasteiger partial charge in [-0.05, 0) is 29.8 Å². The summed E-state index contributed by atoms with van der Waals surface area (Å²) >= 11 is 7.25. The lowest BCUT2D eigenvalue weighted by molar-refractivity contribution is -0.115. The predicted molar refractivity (Wildman–Crippen MR) is 119 cm³/mol. The van der Waals surface area contributed by atoms with Crippen LogP contribution in [0.25, 0.3) is 0 Å². The highest BCUT2D eigenvalue weighted by atomic mass is 35.5. The molecular weight excluding hydrogens is 460 g/mol. The highest BCUT2D eigenvalue weighted by Gasteiger charge is 2.21. The summed E-state index contributed by atoms with van der Waals surface area (Å²) in [4.78, 5) is 17.5. The monoisotopic (exact) mass is 478 g/mol. The molecule has 1 aliphatic heterocycles. The molecule has 10 heteroatoms. The van der Waals surface area contributed by atoms with E-state index < -0.39 is 15.7 Å². The summed E-state index contributed by atoms with van der Waals surface area (Å²) in [5, 5.41) is 3.78. The van der Waals surface area contributed by atoms with E-state index in [-0.39, 0.29) is 17.1 Å². The second-order valence-electron chi connectivity index (χ2n) is 6.86. The topological polar surface area (TPSA) is 94.6 Å². The van der Waals surface area contributed by atoms with Gasteiger partial charge in [0.15, 0.2) is 26.5 Å². The molecule has 2 aromatic carbocycles. The van der Waals surface area contributed by atoms with E-state index in [4.69, 9.17) is 21.1 Å². The Morgan fingerprint density at radius 2 is 1.84 bits per heavy atom. The first kappa shape index (κ1) is 21.6. The number of carbonyl (C=O) groups is 1. The number of ether oxygens (including phenoxy) is 2.